The van der Waals surface area contributed by atoms with Gasteiger partial charge in [-0.05, 0) is 31.2 Å². The Morgan fingerprint density at radius 1 is 1.25 bits per heavy atom. The largest absolute Gasteiger partial charge is 0.341 e. The molecule has 3 heteroatoms. The average Bonchev–Trinajstić information content (AvgIpc) is 2.47. The zero-order chi connectivity index (χ0) is 14.8. The lowest BCUT2D eigenvalue weighted by molar-refractivity contribution is -0.139. The summed E-state index contributed by atoms with van der Waals surface area (Å²) in [5, 5.41) is 0. The second-order valence-electron chi connectivity index (χ2n) is 6.31. The highest BCUT2D eigenvalue weighted by molar-refractivity contribution is 5.87. The predicted molar refractivity (Wildman–Crippen MR) is 82.2 cm³/mol. The lowest BCUT2D eigenvalue weighted by atomic mass is 9.83. The molecule has 1 fully saturated rings. The van der Waals surface area contributed by atoms with Gasteiger partial charge in [0, 0.05) is 13.1 Å². The topological polar surface area (TPSA) is 46.3 Å². The van der Waals surface area contributed by atoms with Gasteiger partial charge in [0.15, 0.2) is 0 Å². The van der Waals surface area contributed by atoms with E-state index in [0.717, 1.165) is 12.0 Å². The Labute approximate surface area is 122 Å². The second kappa shape index (κ2) is 5.96. The smallest absolute Gasteiger partial charge is 0.246 e. The van der Waals surface area contributed by atoms with Crippen molar-refractivity contribution >= 4 is 5.91 Å². The SMILES string of the molecule is CC1CCCCC1N(C)C(=O)C(C)(N)c1ccccc1. The molecule has 0 saturated heterocycles. The summed E-state index contributed by atoms with van der Waals surface area (Å²) in [7, 11) is 1.91. The number of nitrogens with two attached hydrogens (primary N) is 1. The summed E-state index contributed by atoms with van der Waals surface area (Å²) in [4.78, 5) is 14.7. The average molecular weight is 274 g/mol. The Bertz CT molecular complexity index is 455. The summed E-state index contributed by atoms with van der Waals surface area (Å²) in [5.41, 5.74) is 6.27. The van der Waals surface area contributed by atoms with Crippen molar-refractivity contribution in [2.24, 2.45) is 11.7 Å². The summed E-state index contributed by atoms with van der Waals surface area (Å²) in [5.74, 6) is 0.576. The van der Waals surface area contributed by atoms with Crippen LogP contribution in [0, 0.1) is 5.92 Å². The zero-order valence-corrected chi connectivity index (χ0v) is 12.8. The van der Waals surface area contributed by atoms with Crippen LogP contribution in [0.2, 0.25) is 0 Å². The molecular weight excluding hydrogens is 248 g/mol. The molecule has 1 aliphatic carbocycles. The maximum Gasteiger partial charge on any atom is 0.246 e. The number of likely N-dealkylation sites (N-methyl/N-ethyl adjacent to an activating group) is 1. The summed E-state index contributed by atoms with van der Waals surface area (Å²) in [6.07, 6.45) is 4.78. The molecule has 1 saturated carbocycles. The first kappa shape index (κ1) is 15.0. The molecule has 0 radical (unpaired) electrons. The van der Waals surface area contributed by atoms with E-state index in [1.165, 1.54) is 19.3 Å². The highest BCUT2D eigenvalue weighted by Crippen LogP contribution is 2.30. The Kier molecular flexibility index (Phi) is 4.48. The second-order valence-corrected chi connectivity index (χ2v) is 6.31. The molecule has 3 atom stereocenters. The van der Waals surface area contributed by atoms with E-state index < -0.39 is 5.54 Å². The van der Waals surface area contributed by atoms with Gasteiger partial charge in [0.05, 0.1) is 0 Å². The molecule has 2 rings (SSSR count). The quantitative estimate of drug-likeness (QED) is 0.921. The highest BCUT2D eigenvalue weighted by Gasteiger charge is 2.37. The molecule has 3 nitrogen and oxygen atoms in total. The number of nitrogens with zero attached hydrogens (tertiary/aromatic N) is 1. The zero-order valence-electron chi connectivity index (χ0n) is 12.8. The van der Waals surface area contributed by atoms with Crippen molar-refractivity contribution in [3.05, 3.63) is 35.9 Å². The van der Waals surface area contributed by atoms with Gasteiger partial charge in [-0.1, -0.05) is 50.1 Å². The van der Waals surface area contributed by atoms with Crippen molar-refractivity contribution < 1.29 is 4.79 Å². The van der Waals surface area contributed by atoms with Crippen LogP contribution in [0.5, 0.6) is 0 Å². The molecule has 0 aliphatic heterocycles. The molecule has 1 aliphatic rings. The number of rotatable bonds is 3. The van der Waals surface area contributed by atoms with E-state index in [0.29, 0.717) is 12.0 Å². The van der Waals surface area contributed by atoms with Gasteiger partial charge in [-0.3, -0.25) is 4.79 Å². The van der Waals surface area contributed by atoms with Crippen molar-refractivity contribution in [2.75, 3.05) is 7.05 Å². The molecule has 1 aromatic carbocycles. The van der Waals surface area contributed by atoms with Gasteiger partial charge in [-0.25, -0.2) is 0 Å². The molecule has 110 valence electrons. The van der Waals surface area contributed by atoms with Crippen LogP contribution in [0.25, 0.3) is 0 Å². The van der Waals surface area contributed by atoms with E-state index >= 15 is 0 Å². The van der Waals surface area contributed by atoms with E-state index in [2.05, 4.69) is 6.92 Å². The number of hydrogen-bond acceptors (Lipinski definition) is 2. The van der Waals surface area contributed by atoms with Crippen molar-refractivity contribution in [3.8, 4) is 0 Å². The van der Waals surface area contributed by atoms with E-state index in [1.807, 2.05) is 49.2 Å². The monoisotopic (exact) mass is 274 g/mol. The number of carbonyl (C=O) groups is 1. The normalized spacial score (nSPS) is 25.8. The Balaban J connectivity index is 2.17. The van der Waals surface area contributed by atoms with E-state index in [-0.39, 0.29) is 5.91 Å². The third kappa shape index (κ3) is 2.88. The number of amides is 1. The fourth-order valence-corrected chi connectivity index (χ4v) is 3.30. The van der Waals surface area contributed by atoms with Crippen LogP contribution in [0.4, 0.5) is 0 Å². The molecule has 0 aromatic heterocycles. The predicted octanol–water partition coefficient (Wildman–Crippen LogP) is 2.90. The van der Waals surface area contributed by atoms with Crippen LogP contribution >= 0.6 is 0 Å². The lowest BCUT2D eigenvalue weighted by Crippen LogP contribution is -2.54. The minimum Gasteiger partial charge on any atom is -0.341 e. The van der Waals surface area contributed by atoms with Crippen LogP contribution in [-0.4, -0.2) is 23.9 Å². The van der Waals surface area contributed by atoms with Crippen LogP contribution in [0.1, 0.15) is 45.1 Å². The molecule has 0 spiro atoms. The van der Waals surface area contributed by atoms with Crippen molar-refractivity contribution in [3.63, 3.8) is 0 Å². The van der Waals surface area contributed by atoms with Gasteiger partial charge >= 0.3 is 0 Å². The lowest BCUT2D eigenvalue weighted by Gasteiger charge is -2.40. The highest BCUT2D eigenvalue weighted by atomic mass is 16.2. The number of benzene rings is 1. The van der Waals surface area contributed by atoms with Gasteiger partial charge in [-0.2, -0.15) is 0 Å². The first-order chi connectivity index (χ1) is 9.44. The molecule has 0 heterocycles. The Morgan fingerprint density at radius 3 is 2.45 bits per heavy atom. The first-order valence-electron chi connectivity index (χ1n) is 7.56. The molecule has 1 amide bonds. The third-order valence-corrected chi connectivity index (χ3v) is 4.70. The van der Waals surface area contributed by atoms with E-state index in [4.69, 9.17) is 5.73 Å². The first-order valence-corrected chi connectivity index (χ1v) is 7.56. The molecule has 1 aromatic rings. The van der Waals surface area contributed by atoms with Gasteiger partial charge in [0.2, 0.25) is 5.91 Å². The standard InChI is InChI=1S/C17H26N2O/c1-13-9-7-8-12-15(13)19(3)16(20)17(2,18)14-10-5-4-6-11-14/h4-6,10-11,13,15H,7-9,12,18H2,1-3H3. The molecular formula is C17H26N2O. The third-order valence-electron chi connectivity index (χ3n) is 4.70. The fraction of sp³-hybridized carbons (Fsp3) is 0.588. The Morgan fingerprint density at radius 2 is 1.85 bits per heavy atom. The summed E-state index contributed by atoms with van der Waals surface area (Å²) < 4.78 is 0. The molecule has 20 heavy (non-hydrogen) atoms. The number of carbonyl (C=O) groups excluding carboxylic acids is 1. The molecule has 0 bridgehead atoms. The van der Waals surface area contributed by atoms with Crippen molar-refractivity contribution in [2.45, 2.75) is 51.1 Å². The van der Waals surface area contributed by atoms with Crippen LogP contribution < -0.4 is 5.73 Å². The minimum atomic E-state index is -0.951. The summed E-state index contributed by atoms with van der Waals surface area (Å²) in [6, 6.07) is 9.97. The number of hydrogen-bond donors (Lipinski definition) is 1. The molecule has 3 unspecified atom stereocenters. The summed E-state index contributed by atoms with van der Waals surface area (Å²) >= 11 is 0. The summed E-state index contributed by atoms with van der Waals surface area (Å²) in [6.45, 7) is 4.05. The minimum absolute atomic E-state index is 0.0162. The molecule has 2 N–H and O–H groups in total. The van der Waals surface area contributed by atoms with Gasteiger partial charge in [0.1, 0.15) is 5.54 Å². The maximum absolute atomic E-state index is 12.8. The fourth-order valence-electron chi connectivity index (χ4n) is 3.30. The van der Waals surface area contributed by atoms with Crippen molar-refractivity contribution in [1.29, 1.82) is 0 Å². The van der Waals surface area contributed by atoms with Gasteiger partial charge in [0.25, 0.3) is 0 Å². The van der Waals surface area contributed by atoms with Crippen molar-refractivity contribution in [1.82, 2.24) is 4.90 Å². The van der Waals surface area contributed by atoms with Crippen LogP contribution in [0.3, 0.4) is 0 Å². The van der Waals surface area contributed by atoms with Crippen LogP contribution in [-0.2, 0) is 10.3 Å². The van der Waals surface area contributed by atoms with Crippen LogP contribution in [0.15, 0.2) is 30.3 Å². The maximum atomic E-state index is 12.8. The van der Waals surface area contributed by atoms with E-state index in [1.54, 1.807) is 0 Å². The van der Waals surface area contributed by atoms with Gasteiger partial charge in [-0.15, -0.1) is 0 Å². The Hall–Kier alpha value is -1.35. The van der Waals surface area contributed by atoms with E-state index in [9.17, 15) is 4.79 Å². The van der Waals surface area contributed by atoms with Gasteiger partial charge < -0.3 is 10.6 Å².